The van der Waals surface area contributed by atoms with Crippen LogP contribution in [0.5, 0.6) is 5.75 Å². The summed E-state index contributed by atoms with van der Waals surface area (Å²) in [5.74, 6) is 0.314. The topological polar surface area (TPSA) is 79.8 Å². The molecular weight excluding hydrogens is 350 g/mol. The Labute approximate surface area is 151 Å². The molecule has 0 aliphatic carbocycles. The van der Waals surface area contributed by atoms with Crippen molar-refractivity contribution in [2.45, 2.75) is 18.6 Å². The van der Waals surface area contributed by atoms with Gasteiger partial charge < -0.3 is 15.4 Å². The second-order valence-electron chi connectivity index (χ2n) is 4.74. The fourth-order valence-electron chi connectivity index (χ4n) is 1.94. The first-order valence-corrected chi connectivity index (χ1v) is 8.16. The zero-order valence-electron chi connectivity index (χ0n) is 13.3. The van der Waals surface area contributed by atoms with E-state index in [9.17, 15) is 9.59 Å². The lowest BCUT2D eigenvalue weighted by Gasteiger charge is -2.22. The first-order valence-electron chi connectivity index (χ1n) is 7.28. The first kappa shape index (κ1) is 20.1. The molecule has 2 amide bonds. The number of nitrogens with zero attached hydrogens (tertiary/aromatic N) is 1. The fourth-order valence-corrected chi connectivity index (χ4v) is 2.93. The molecule has 1 unspecified atom stereocenters. The number of ether oxygens (including phenoxy) is 1. The van der Waals surface area contributed by atoms with Crippen LogP contribution < -0.4 is 15.4 Å². The van der Waals surface area contributed by atoms with Gasteiger partial charge in [-0.05, 0) is 31.2 Å². The maximum absolute atomic E-state index is 12.3. The van der Waals surface area contributed by atoms with Gasteiger partial charge >= 0.3 is 0 Å². The smallest absolute Gasteiger partial charge is 0.238 e. The number of nitrogens with one attached hydrogen (secondary N) is 2. The van der Waals surface area contributed by atoms with Crippen molar-refractivity contribution in [3.8, 4) is 5.75 Å². The highest BCUT2D eigenvalue weighted by atomic mass is 35.5. The molecule has 2 rings (SSSR count). The molecule has 8 heteroatoms. The van der Waals surface area contributed by atoms with E-state index < -0.39 is 5.25 Å². The number of aliphatic imine (C=N–C) groups is 1. The van der Waals surface area contributed by atoms with Crippen LogP contribution in [0.15, 0.2) is 41.9 Å². The molecule has 0 spiro atoms. The summed E-state index contributed by atoms with van der Waals surface area (Å²) in [6, 6.07) is 7.11. The van der Waals surface area contributed by atoms with Crippen LogP contribution in [0.2, 0.25) is 0 Å². The van der Waals surface area contributed by atoms with E-state index in [0.717, 1.165) is 5.75 Å². The Balaban J connectivity index is 0.00000288. The van der Waals surface area contributed by atoms with Gasteiger partial charge in [0.2, 0.25) is 11.8 Å². The predicted molar refractivity (Wildman–Crippen MR) is 100 cm³/mol. The molecule has 24 heavy (non-hydrogen) atoms. The summed E-state index contributed by atoms with van der Waals surface area (Å²) in [5, 5.41) is 5.41. The summed E-state index contributed by atoms with van der Waals surface area (Å²) in [5.41, 5.74) is 0.662. The number of thioether (sulfide) groups is 1. The molecule has 1 aliphatic rings. The molecule has 2 N–H and O–H groups in total. The molecule has 1 fully saturated rings. The van der Waals surface area contributed by atoms with Crippen molar-refractivity contribution >= 4 is 46.8 Å². The van der Waals surface area contributed by atoms with Crippen LogP contribution in [0.25, 0.3) is 0 Å². The van der Waals surface area contributed by atoms with Crippen molar-refractivity contribution in [1.29, 1.82) is 0 Å². The van der Waals surface area contributed by atoms with Crippen LogP contribution in [0.3, 0.4) is 0 Å². The van der Waals surface area contributed by atoms with Gasteiger partial charge in [-0.25, -0.2) is 0 Å². The molecule has 0 bridgehead atoms. The Morgan fingerprint density at radius 1 is 1.50 bits per heavy atom. The van der Waals surface area contributed by atoms with Gasteiger partial charge in [-0.1, -0.05) is 17.8 Å². The number of carbonyl (C=O) groups excluding carboxylic acids is 2. The largest absolute Gasteiger partial charge is 0.494 e. The van der Waals surface area contributed by atoms with Crippen LogP contribution in [0, 0.1) is 0 Å². The maximum atomic E-state index is 12.3. The van der Waals surface area contributed by atoms with Crippen molar-refractivity contribution in [3.05, 3.63) is 36.9 Å². The molecule has 1 aliphatic heterocycles. The molecule has 1 heterocycles. The monoisotopic (exact) mass is 369 g/mol. The molecule has 1 aromatic rings. The standard InChI is InChI=1S/C16H19N3O3S.ClH/c1-3-9-17-16-19-14(20)10-13(23-16)15(21)18-11-5-7-12(8-6-11)22-4-2;/h3,5-8,13H,1,4,9-10H2,2H3,(H,18,21)(H,17,19,20);1H. The maximum Gasteiger partial charge on any atom is 0.238 e. The van der Waals surface area contributed by atoms with Gasteiger partial charge in [0, 0.05) is 12.1 Å². The second-order valence-corrected chi connectivity index (χ2v) is 5.93. The van der Waals surface area contributed by atoms with Crippen LogP contribution in [-0.4, -0.2) is 35.4 Å². The highest BCUT2D eigenvalue weighted by molar-refractivity contribution is 8.15. The quantitative estimate of drug-likeness (QED) is 0.755. The van der Waals surface area contributed by atoms with E-state index in [-0.39, 0.29) is 30.6 Å². The second kappa shape index (κ2) is 10.00. The molecule has 0 saturated carbocycles. The van der Waals surface area contributed by atoms with Crippen LogP contribution in [-0.2, 0) is 9.59 Å². The summed E-state index contributed by atoms with van der Waals surface area (Å²) < 4.78 is 5.35. The molecule has 1 saturated heterocycles. The number of halogens is 1. The van der Waals surface area contributed by atoms with Crippen molar-refractivity contribution < 1.29 is 14.3 Å². The number of hydrogen-bond acceptors (Lipinski definition) is 5. The highest BCUT2D eigenvalue weighted by Gasteiger charge is 2.30. The Bertz CT molecular complexity index is 619. The van der Waals surface area contributed by atoms with Crippen molar-refractivity contribution in [1.82, 2.24) is 5.32 Å². The van der Waals surface area contributed by atoms with Gasteiger partial charge in [-0.2, -0.15) is 0 Å². The van der Waals surface area contributed by atoms with E-state index in [4.69, 9.17) is 4.74 Å². The summed E-state index contributed by atoms with van der Waals surface area (Å²) in [7, 11) is 0. The zero-order valence-corrected chi connectivity index (χ0v) is 14.9. The predicted octanol–water partition coefficient (Wildman–Crippen LogP) is 2.61. The normalized spacial score (nSPS) is 18.3. The third-order valence-electron chi connectivity index (χ3n) is 2.96. The molecule has 130 valence electrons. The lowest BCUT2D eigenvalue weighted by Crippen LogP contribution is -2.42. The number of hydrogen-bond donors (Lipinski definition) is 2. The van der Waals surface area contributed by atoms with Gasteiger partial charge in [0.05, 0.1) is 13.2 Å². The van der Waals surface area contributed by atoms with E-state index in [1.807, 2.05) is 6.92 Å². The van der Waals surface area contributed by atoms with E-state index in [1.54, 1.807) is 30.3 Å². The highest BCUT2D eigenvalue weighted by Crippen LogP contribution is 2.23. The minimum Gasteiger partial charge on any atom is -0.494 e. The SMILES string of the molecule is C=CCN=C1NC(=O)CC(C(=O)Nc2ccc(OCC)cc2)S1.Cl. The average Bonchev–Trinajstić information content (AvgIpc) is 2.54. The zero-order chi connectivity index (χ0) is 16.7. The molecule has 0 aromatic heterocycles. The number of carbonyl (C=O) groups is 2. The van der Waals surface area contributed by atoms with Gasteiger partial charge in [-0.3, -0.25) is 14.6 Å². The summed E-state index contributed by atoms with van der Waals surface area (Å²) in [4.78, 5) is 28.2. The van der Waals surface area contributed by atoms with Crippen LogP contribution in [0.4, 0.5) is 5.69 Å². The Kier molecular flexibility index (Phi) is 8.35. The van der Waals surface area contributed by atoms with E-state index >= 15 is 0 Å². The minimum atomic E-state index is -0.501. The third-order valence-corrected chi connectivity index (χ3v) is 4.08. The lowest BCUT2D eigenvalue weighted by molar-refractivity contribution is -0.123. The number of amidine groups is 1. The summed E-state index contributed by atoms with van der Waals surface area (Å²) in [6.45, 7) is 6.47. The number of rotatable bonds is 6. The van der Waals surface area contributed by atoms with Gasteiger partial charge in [0.1, 0.15) is 11.0 Å². The number of benzene rings is 1. The van der Waals surface area contributed by atoms with E-state index in [0.29, 0.717) is 24.0 Å². The van der Waals surface area contributed by atoms with Crippen LogP contribution in [0.1, 0.15) is 13.3 Å². The van der Waals surface area contributed by atoms with Crippen molar-refractivity contribution in [2.75, 3.05) is 18.5 Å². The molecule has 1 aromatic carbocycles. The number of amides is 2. The first-order chi connectivity index (χ1) is 11.1. The summed E-state index contributed by atoms with van der Waals surface area (Å²) >= 11 is 1.25. The lowest BCUT2D eigenvalue weighted by atomic mass is 10.2. The summed E-state index contributed by atoms with van der Waals surface area (Å²) in [6.07, 6.45) is 1.75. The van der Waals surface area contributed by atoms with Gasteiger partial charge in [0.25, 0.3) is 0 Å². The van der Waals surface area contributed by atoms with E-state index in [1.165, 1.54) is 11.8 Å². The molecular formula is C16H20ClN3O3S. The third kappa shape index (κ3) is 5.90. The van der Waals surface area contributed by atoms with Crippen molar-refractivity contribution in [2.24, 2.45) is 4.99 Å². The van der Waals surface area contributed by atoms with Crippen LogP contribution >= 0.6 is 24.2 Å². The Morgan fingerprint density at radius 2 is 2.21 bits per heavy atom. The van der Waals surface area contributed by atoms with E-state index in [2.05, 4.69) is 22.2 Å². The van der Waals surface area contributed by atoms with Crippen molar-refractivity contribution in [3.63, 3.8) is 0 Å². The molecule has 1 atom stereocenters. The Morgan fingerprint density at radius 3 is 2.83 bits per heavy atom. The molecule has 0 radical (unpaired) electrons. The average molecular weight is 370 g/mol. The molecule has 6 nitrogen and oxygen atoms in total. The fraction of sp³-hybridized carbons (Fsp3) is 0.312. The minimum absolute atomic E-state index is 0. The Hall–Kier alpha value is -1.99. The van der Waals surface area contributed by atoms with Gasteiger partial charge in [0.15, 0.2) is 5.17 Å². The number of anilines is 1. The van der Waals surface area contributed by atoms with Gasteiger partial charge in [-0.15, -0.1) is 19.0 Å².